The lowest BCUT2D eigenvalue weighted by Crippen LogP contribution is -2.35. The summed E-state index contributed by atoms with van der Waals surface area (Å²) < 4.78 is 0. The number of benzene rings is 1. The van der Waals surface area contributed by atoms with Crippen molar-refractivity contribution in [2.75, 3.05) is 19.6 Å². The number of hydrogen-bond acceptors (Lipinski definition) is 5. The number of aryl methyl sites for hydroxylation is 1. The number of H-pyrrole nitrogens is 1. The molecular weight excluding hydrogens is 514 g/mol. The molecule has 2 atom stereocenters. The Labute approximate surface area is 241 Å². The van der Waals surface area contributed by atoms with E-state index in [0.29, 0.717) is 11.3 Å². The summed E-state index contributed by atoms with van der Waals surface area (Å²) >= 11 is 1.52. The van der Waals surface area contributed by atoms with Gasteiger partial charge in [0.15, 0.2) is 0 Å². The van der Waals surface area contributed by atoms with Crippen LogP contribution in [0.5, 0.6) is 0 Å². The van der Waals surface area contributed by atoms with Gasteiger partial charge in [0.25, 0.3) is 5.91 Å². The van der Waals surface area contributed by atoms with Crippen LogP contribution in [0.2, 0.25) is 0 Å². The van der Waals surface area contributed by atoms with E-state index in [1.807, 2.05) is 18.5 Å². The Hall–Kier alpha value is -3.03. The Morgan fingerprint density at radius 3 is 2.65 bits per heavy atom. The molecule has 6 nitrogen and oxygen atoms in total. The quantitative estimate of drug-likeness (QED) is 0.253. The van der Waals surface area contributed by atoms with Gasteiger partial charge in [-0.05, 0) is 91.8 Å². The van der Waals surface area contributed by atoms with Crippen LogP contribution < -0.4 is 5.32 Å². The second kappa shape index (κ2) is 11.5. The van der Waals surface area contributed by atoms with Gasteiger partial charge in [-0.3, -0.25) is 9.89 Å². The molecule has 4 heterocycles. The molecule has 0 radical (unpaired) electrons. The van der Waals surface area contributed by atoms with E-state index in [0.717, 1.165) is 70.7 Å². The average Bonchev–Trinajstić information content (AvgIpc) is 3.64. The minimum absolute atomic E-state index is 0.00362. The summed E-state index contributed by atoms with van der Waals surface area (Å²) in [6, 6.07) is 12.8. The van der Waals surface area contributed by atoms with Gasteiger partial charge in [0, 0.05) is 29.4 Å². The maximum atomic E-state index is 13.7. The summed E-state index contributed by atoms with van der Waals surface area (Å²) in [5.41, 5.74) is 6.20. The lowest BCUT2D eigenvalue weighted by atomic mass is 9.71. The van der Waals surface area contributed by atoms with Gasteiger partial charge in [-0.2, -0.15) is 5.10 Å². The number of likely N-dealkylation sites (tertiary alicyclic amines) is 1. The number of pyridine rings is 1. The minimum Gasteiger partial charge on any atom is -0.344 e. The second-order valence-electron chi connectivity index (χ2n) is 12.7. The molecule has 1 amide bonds. The highest BCUT2D eigenvalue weighted by atomic mass is 32.1. The fraction of sp³-hybridized carbons (Fsp3) is 0.485. The number of carbonyl (C=O) groups excluding carboxylic acids is 1. The van der Waals surface area contributed by atoms with Crippen LogP contribution in [0.4, 0.5) is 0 Å². The number of nitrogens with one attached hydrogen (secondary N) is 2. The summed E-state index contributed by atoms with van der Waals surface area (Å²) in [5, 5.41) is 11.5. The molecule has 3 aromatic heterocycles. The SMILES string of the molecule is CC(C)(C)[C@H]1CCc2nc3sc(C(=O)N[C@H](CCN4CCCCC4)c4ccc(-c5cn[nH]c5)cc4)cc3cc2C1. The van der Waals surface area contributed by atoms with E-state index in [1.165, 1.54) is 48.3 Å². The van der Waals surface area contributed by atoms with Crippen LogP contribution in [-0.2, 0) is 12.8 Å². The molecule has 1 aromatic carbocycles. The number of fused-ring (bicyclic) bond motifs is 2. The maximum Gasteiger partial charge on any atom is 0.261 e. The first kappa shape index (κ1) is 27.2. The average molecular weight is 556 g/mol. The molecule has 1 saturated heterocycles. The predicted octanol–water partition coefficient (Wildman–Crippen LogP) is 7.18. The van der Waals surface area contributed by atoms with Crippen molar-refractivity contribution in [1.29, 1.82) is 0 Å². The zero-order valence-electron chi connectivity index (χ0n) is 24.0. The van der Waals surface area contributed by atoms with Gasteiger partial charge in [0.2, 0.25) is 0 Å². The molecule has 1 aliphatic heterocycles. The summed E-state index contributed by atoms with van der Waals surface area (Å²) in [7, 11) is 0. The molecular formula is C33H41N5OS. The van der Waals surface area contributed by atoms with Crippen molar-refractivity contribution < 1.29 is 4.79 Å². The summed E-state index contributed by atoms with van der Waals surface area (Å²) in [6.45, 7) is 10.3. The number of amides is 1. The van der Waals surface area contributed by atoms with Crippen molar-refractivity contribution >= 4 is 27.5 Å². The molecule has 0 saturated carbocycles. The van der Waals surface area contributed by atoms with Crippen molar-refractivity contribution in [2.24, 2.45) is 11.3 Å². The number of carbonyl (C=O) groups is 1. The van der Waals surface area contributed by atoms with Crippen LogP contribution in [0, 0.1) is 11.3 Å². The van der Waals surface area contributed by atoms with Gasteiger partial charge in [-0.1, -0.05) is 51.5 Å². The number of aromatic amines is 1. The predicted molar refractivity (Wildman–Crippen MR) is 164 cm³/mol. The van der Waals surface area contributed by atoms with Crippen molar-refractivity contribution in [3.05, 3.63) is 70.5 Å². The van der Waals surface area contributed by atoms with Crippen LogP contribution in [-0.4, -0.2) is 45.6 Å². The molecule has 6 rings (SSSR count). The summed E-state index contributed by atoms with van der Waals surface area (Å²) in [5.74, 6) is 0.664. The van der Waals surface area contributed by atoms with Crippen molar-refractivity contribution in [3.63, 3.8) is 0 Å². The van der Waals surface area contributed by atoms with E-state index >= 15 is 0 Å². The third-order valence-electron chi connectivity index (χ3n) is 8.95. The molecule has 2 aliphatic rings. The maximum absolute atomic E-state index is 13.7. The lowest BCUT2D eigenvalue weighted by Gasteiger charge is -2.34. The van der Waals surface area contributed by atoms with Gasteiger partial charge in [-0.25, -0.2) is 4.98 Å². The molecule has 4 aromatic rings. The Balaban J connectivity index is 1.21. The van der Waals surface area contributed by atoms with Crippen molar-refractivity contribution in [3.8, 4) is 11.1 Å². The van der Waals surface area contributed by atoms with E-state index < -0.39 is 0 Å². The van der Waals surface area contributed by atoms with E-state index in [2.05, 4.69) is 71.5 Å². The molecule has 210 valence electrons. The lowest BCUT2D eigenvalue weighted by molar-refractivity contribution is 0.0934. The van der Waals surface area contributed by atoms with Crippen molar-refractivity contribution in [2.45, 2.75) is 71.8 Å². The van der Waals surface area contributed by atoms with E-state index in [4.69, 9.17) is 4.98 Å². The standard InChI is InChI=1S/C33H41N5OS/c1-33(2,3)27-11-12-28-24(18-27)17-25-19-30(40-32(25)37-28)31(39)36-29(13-16-38-14-5-4-6-15-38)23-9-7-22(8-10-23)26-20-34-35-21-26/h7-10,17,19-21,27,29H,4-6,11-16,18H2,1-3H3,(H,34,35)(H,36,39)/t27-,29+/m0/s1. The highest BCUT2D eigenvalue weighted by Crippen LogP contribution is 2.38. The number of aromatic nitrogens is 3. The molecule has 1 fully saturated rings. The third-order valence-corrected chi connectivity index (χ3v) is 10.00. The Morgan fingerprint density at radius 2 is 1.93 bits per heavy atom. The molecule has 0 bridgehead atoms. The number of hydrogen-bond donors (Lipinski definition) is 2. The minimum atomic E-state index is -0.0493. The van der Waals surface area contributed by atoms with E-state index in [1.54, 1.807) is 0 Å². The fourth-order valence-corrected chi connectivity index (χ4v) is 7.27. The van der Waals surface area contributed by atoms with Gasteiger partial charge in [0.1, 0.15) is 4.83 Å². The number of piperidine rings is 1. The van der Waals surface area contributed by atoms with Crippen LogP contribution in [0.3, 0.4) is 0 Å². The van der Waals surface area contributed by atoms with Crippen LogP contribution >= 0.6 is 11.3 Å². The highest BCUT2D eigenvalue weighted by Gasteiger charge is 2.30. The topological polar surface area (TPSA) is 73.9 Å². The van der Waals surface area contributed by atoms with Crippen molar-refractivity contribution in [1.82, 2.24) is 25.4 Å². The molecule has 0 spiro atoms. The normalized spacial score (nSPS) is 18.9. The first-order valence-corrected chi connectivity index (χ1v) is 15.7. The van der Waals surface area contributed by atoms with E-state index in [9.17, 15) is 4.79 Å². The first-order valence-electron chi connectivity index (χ1n) is 14.9. The smallest absolute Gasteiger partial charge is 0.261 e. The van der Waals surface area contributed by atoms with Crippen LogP contribution in [0.1, 0.15) is 85.4 Å². The Kier molecular flexibility index (Phi) is 7.78. The molecule has 1 aliphatic carbocycles. The van der Waals surface area contributed by atoms with Crippen LogP contribution in [0.15, 0.2) is 48.8 Å². The summed E-state index contributed by atoms with van der Waals surface area (Å²) in [6.07, 6.45) is 11.8. The Bertz CT molecular complexity index is 1440. The van der Waals surface area contributed by atoms with Crippen LogP contribution in [0.25, 0.3) is 21.3 Å². The second-order valence-corrected chi connectivity index (χ2v) is 13.8. The first-order chi connectivity index (χ1) is 19.3. The number of nitrogens with zero attached hydrogens (tertiary/aromatic N) is 3. The molecule has 7 heteroatoms. The monoisotopic (exact) mass is 555 g/mol. The zero-order valence-corrected chi connectivity index (χ0v) is 24.8. The van der Waals surface area contributed by atoms with Gasteiger partial charge < -0.3 is 10.2 Å². The largest absolute Gasteiger partial charge is 0.344 e. The molecule has 40 heavy (non-hydrogen) atoms. The van der Waals surface area contributed by atoms with Gasteiger partial charge in [0.05, 0.1) is 17.1 Å². The van der Waals surface area contributed by atoms with E-state index in [-0.39, 0.29) is 11.9 Å². The zero-order chi connectivity index (χ0) is 27.7. The fourth-order valence-electron chi connectivity index (χ4n) is 6.34. The number of thiophene rings is 1. The molecule has 2 N–H and O–H groups in total. The van der Waals surface area contributed by atoms with Gasteiger partial charge in [-0.15, -0.1) is 11.3 Å². The summed E-state index contributed by atoms with van der Waals surface area (Å²) in [4.78, 5) is 22.9. The highest BCUT2D eigenvalue weighted by molar-refractivity contribution is 7.20. The molecule has 0 unspecified atom stereocenters. The Morgan fingerprint density at radius 1 is 1.12 bits per heavy atom. The number of rotatable bonds is 7. The third kappa shape index (κ3) is 6.01. The van der Waals surface area contributed by atoms with Gasteiger partial charge >= 0.3 is 0 Å².